The standard InChI is InChI=1S/C15H9ClN4/c16-11-6-7-13-14(9-11)20(19-18-13)15-8-5-10-3-1-2-4-12(10)17-15/h1-9H. The van der Waals surface area contributed by atoms with Crippen LogP contribution in [0.2, 0.25) is 5.02 Å². The molecule has 96 valence electrons. The lowest BCUT2D eigenvalue weighted by Gasteiger charge is -2.03. The number of rotatable bonds is 1. The zero-order valence-corrected chi connectivity index (χ0v) is 11.1. The van der Waals surface area contributed by atoms with Gasteiger partial charge in [-0.2, -0.15) is 4.68 Å². The summed E-state index contributed by atoms with van der Waals surface area (Å²) in [4.78, 5) is 4.61. The Hall–Kier alpha value is -2.46. The molecule has 4 aromatic rings. The largest absolute Gasteiger partial charge is 0.229 e. The molecule has 0 N–H and O–H groups in total. The second-order valence-electron chi connectivity index (χ2n) is 4.50. The van der Waals surface area contributed by atoms with Gasteiger partial charge in [0.05, 0.1) is 11.0 Å². The van der Waals surface area contributed by atoms with E-state index >= 15 is 0 Å². The molecule has 2 heterocycles. The second kappa shape index (κ2) is 4.28. The molecule has 5 heteroatoms. The van der Waals surface area contributed by atoms with Gasteiger partial charge < -0.3 is 0 Å². The zero-order valence-electron chi connectivity index (χ0n) is 10.4. The lowest BCUT2D eigenvalue weighted by molar-refractivity contribution is 0.805. The van der Waals surface area contributed by atoms with Crippen LogP contribution in [0.4, 0.5) is 0 Å². The van der Waals surface area contributed by atoms with Gasteiger partial charge in [-0.1, -0.05) is 35.0 Å². The van der Waals surface area contributed by atoms with E-state index in [0.29, 0.717) is 5.02 Å². The Labute approximate surface area is 119 Å². The molecule has 0 aliphatic heterocycles. The number of pyridine rings is 1. The molecule has 4 nitrogen and oxygen atoms in total. The van der Waals surface area contributed by atoms with Crippen molar-refractivity contribution in [3.8, 4) is 5.82 Å². The lowest BCUT2D eigenvalue weighted by Crippen LogP contribution is -1.99. The fourth-order valence-electron chi connectivity index (χ4n) is 2.23. The van der Waals surface area contributed by atoms with Crippen LogP contribution in [-0.4, -0.2) is 20.0 Å². The average molecular weight is 281 g/mol. The summed E-state index contributed by atoms with van der Waals surface area (Å²) in [5, 5.41) is 10.0. The topological polar surface area (TPSA) is 43.6 Å². The van der Waals surface area contributed by atoms with Gasteiger partial charge in [0.1, 0.15) is 5.52 Å². The monoisotopic (exact) mass is 280 g/mol. The highest BCUT2D eigenvalue weighted by Crippen LogP contribution is 2.21. The Morgan fingerprint density at radius 2 is 1.80 bits per heavy atom. The fourth-order valence-corrected chi connectivity index (χ4v) is 2.40. The maximum absolute atomic E-state index is 6.04. The first kappa shape index (κ1) is 11.4. The number of hydrogen-bond donors (Lipinski definition) is 0. The number of hydrogen-bond acceptors (Lipinski definition) is 3. The summed E-state index contributed by atoms with van der Waals surface area (Å²) in [6, 6.07) is 17.4. The Morgan fingerprint density at radius 3 is 2.75 bits per heavy atom. The predicted octanol–water partition coefficient (Wildman–Crippen LogP) is 3.62. The van der Waals surface area contributed by atoms with Gasteiger partial charge in [-0.15, -0.1) is 5.10 Å². The van der Waals surface area contributed by atoms with Crippen LogP contribution >= 0.6 is 11.6 Å². The third-order valence-electron chi connectivity index (χ3n) is 3.21. The molecule has 2 aromatic carbocycles. The molecule has 0 saturated carbocycles. The molecular formula is C15H9ClN4. The van der Waals surface area contributed by atoms with Crippen molar-refractivity contribution in [2.75, 3.05) is 0 Å². The van der Waals surface area contributed by atoms with Gasteiger partial charge in [0.2, 0.25) is 0 Å². The van der Waals surface area contributed by atoms with Crippen LogP contribution in [0, 0.1) is 0 Å². The number of halogens is 1. The Kier molecular flexibility index (Phi) is 2.44. The Morgan fingerprint density at radius 1 is 0.900 bits per heavy atom. The minimum absolute atomic E-state index is 0.654. The van der Waals surface area contributed by atoms with Gasteiger partial charge in [-0.25, -0.2) is 4.98 Å². The molecule has 4 rings (SSSR count). The van der Waals surface area contributed by atoms with E-state index in [0.717, 1.165) is 27.8 Å². The number of fused-ring (bicyclic) bond motifs is 2. The van der Waals surface area contributed by atoms with Gasteiger partial charge in [-0.3, -0.25) is 0 Å². The molecule has 0 aliphatic rings. The van der Waals surface area contributed by atoms with Crippen molar-refractivity contribution in [2.45, 2.75) is 0 Å². The van der Waals surface area contributed by atoms with Crippen molar-refractivity contribution < 1.29 is 0 Å². The van der Waals surface area contributed by atoms with Crippen molar-refractivity contribution in [2.24, 2.45) is 0 Å². The van der Waals surface area contributed by atoms with Crippen LogP contribution in [0.15, 0.2) is 54.6 Å². The zero-order chi connectivity index (χ0) is 13.5. The summed E-state index contributed by atoms with van der Waals surface area (Å²) in [6.07, 6.45) is 0. The molecule has 0 spiro atoms. The Bertz CT molecular complexity index is 929. The summed E-state index contributed by atoms with van der Waals surface area (Å²) in [5.41, 5.74) is 2.57. The number of para-hydroxylation sites is 1. The van der Waals surface area contributed by atoms with E-state index in [1.165, 1.54) is 0 Å². The quantitative estimate of drug-likeness (QED) is 0.535. The van der Waals surface area contributed by atoms with Gasteiger partial charge >= 0.3 is 0 Å². The summed E-state index contributed by atoms with van der Waals surface area (Å²) >= 11 is 6.04. The van der Waals surface area contributed by atoms with Gasteiger partial charge in [-0.05, 0) is 36.4 Å². The van der Waals surface area contributed by atoms with Crippen LogP contribution in [0.1, 0.15) is 0 Å². The predicted molar refractivity (Wildman–Crippen MR) is 79.2 cm³/mol. The van der Waals surface area contributed by atoms with Crippen molar-refractivity contribution in [3.05, 3.63) is 59.6 Å². The van der Waals surface area contributed by atoms with E-state index in [-0.39, 0.29) is 0 Å². The number of nitrogens with zero attached hydrogens (tertiary/aromatic N) is 4. The van der Waals surface area contributed by atoms with Crippen LogP contribution in [0.25, 0.3) is 27.8 Å². The van der Waals surface area contributed by atoms with E-state index < -0.39 is 0 Å². The molecule has 2 aromatic heterocycles. The van der Waals surface area contributed by atoms with E-state index in [1.54, 1.807) is 10.7 Å². The van der Waals surface area contributed by atoms with E-state index in [4.69, 9.17) is 11.6 Å². The molecule has 0 amide bonds. The first-order chi connectivity index (χ1) is 9.81. The minimum Gasteiger partial charge on any atom is -0.229 e. The highest BCUT2D eigenvalue weighted by Gasteiger charge is 2.08. The maximum Gasteiger partial charge on any atom is 0.156 e. The number of benzene rings is 2. The SMILES string of the molecule is Clc1ccc2nnn(-c3ccc4ccccc4n3)c2c1. The van der Waals surface area contributed by atoms with E-state index in [1.807, 2.05) is 48.5 Å². The smallest absolute Gasteiger partial charge is 0.156 e. The highest BCUT2D eigenvalue weighted by molar-refractivity contribution is 6.31. The second-order valence-corrected chi connectivity index (χ2v) is 4.93. The van der Waals surface area contributed by atoms with Crippen molar-refractivity contribution in [1.29, 1.82) is 0 Å². The third kappa shape index (κ3) is 1.73. The maximum atomic E-state index is 6.04. The van der Waals surface area contributed by atoms with Gasteiger partial charge in [0.25, 0.3) is 0 Å². The third-order valence-corrected chi connectivity index (χ3v) is 3.44. The van der Waals surface area contributed by atoms with E-state index in [9.17, 15) is 0 Å². The van der Waals surface area contributed by atoms with Crippen molar-refractivity contribution in [3.63, 3.8) is 0 Å². The van der Waals surface area contributed by atoms with Crippen LogP contribution in [-0.2, 0) is 0 Å². The average Bonchev–Trinajstić information content (AvgIpc) is 2.89. The molecule has 0 radical (unpaired) electrons. The molecule has 0 atom stereocenters. The summed E-state index contributed by atoms with van der Waals surface area (Å²) in [7, 11) is 0. The summed E-state index contributed by atoms with van der Waals surface area (Å²) in [6.45, 7) is 0. The van der Waals surface area contributed by atoms with Crippen molar-refractivity contribution >= 4 is 33.5 Å². The normalized spacial score (nSPS) is 11.2. The molecule has 0 aliphatic carbocycles. The molecule has 0 saturated heterocycles. The van der Waals surface area contributed by atoms with Gasteiger partial charge in [0.15, 0.2) is 5.82 Å². The van der Waals surface area contributed by atoms with Crippen LogP contribution in [0.3, 0.4) is 0 Å². The summed E-state index contributed by atoms with van der Waals surface area (Å²) in [5.74, 6) is 0.730. The first-order valence-corrected chi connectivity index (χ1v) is 6.56. The van der Waals surface area contributed by atoms with Crippen molar-refractivity contribution in [1.82, 2.24) is 20.0 Å². The van der Waals surface area contributed by atoms with E-state index in [2.05, 4.69) is 15.3 Å². The molecule has 0 fully saturated rings. The fraction of sp³-hybridized carbons (Fsp3) is 0. The molecule has 0 bridgehead atoms. The molecule has 0 unspecified atom stereocenters. The van der Waals surface area contributed by atoms with Crippen LogP contribution < -0.4 is 0 Å². The molecular weight excluding hydrogens is 272 g/mol. The van der Waals surface area contributed by atoms with Gasteiger partial charge in [0, 0.05) is 10.4 Å². The molecule has 20 heavy (non-hydrogen) atoms. The Balaban J connectivity index is 1.98. The minimum atomic E-state index is 0.654. The summed E-state index contributed by atoms with van der Waals surface area (Å²) < 4.78 is 1.70. The lowest BCUT2D eigenvalue weighted by atomic mass is 10.2. The first-order valence-electron chi connectivity index (χ1n) is 6.18. The van der Waals surface area contributed by atoms with Crippen LogP contribution in [0.5, 0.6) is 0 Å². The number of aromatic nitrogens is 4. The highest BCUT2D eigenvalue weighted by atomic mass is 35.5.